The molecule has 0 aromatic heterocycles. The molecule has 0 saturated carbocycles. The smallest absolute Gasteiger partial charge is 0.335 e. The predicted octanol–water partition coefficient (Wildman–Crippen LogP) is 2.27. The van der Waals surface area contributed by atoms with E-state index in [0.717, 1.165) is 25.9 Å². The Kier molecular flexibility index (Phi) is 4.52. The van der Waals surface area contributed by atoms with Crippen molar-refractivity contribution in [2.75, 3.05) is 18.5 Å². The van der Waals surface area contributed by atoms with Crippen LogP contribution in [-0.2, 0) is 4.74 Å². The van der Waals surface area contributed by atoms with Gasteiger partial charge in [-0.1, -0.05) is 0 Å². The van der Waals surface area contributed by atoms with Crippen LogP contribution in [0.2, 0.25) is 0 Å². The molecule has 1 aromatic carbocycles. The standard InChI is InChI=1S/C13H16N2O5/c16-13(17)9-3-4-12(15(18)19)11(8-9)14-6-5-10-2-1-7-20-10/h3-4,8,10,14H,1-2,5-7H2,(H,16,17). The molecule has 0 spiro atoms. The number of nitro groups is 1. The Labute approximate surface area is 115 Å². The molecule has 0 aliphatic carbocycles. The number of hydrogen-bond donors (Lipinski definition) is 2. The van der Waals surface area contributed by atoms with Crippen molar-refractivity contribution in [3.05, 3.63) is 33.9 Å². The molecule has 1 heterocycles. The van der Waals surface area contributed by atoms with E-state index in [4.69, 9.17) is 9.84 Å². The summed E-state index contributed by atoms with van der Waals surface area (Å²) in [6.07, 6.45) is 2.97. The van der Waals surface area contributed by atoms with Crippen molar-refractivity contribution >= 4 is 17.3 Å². The third-order valence-electron chi connectivity index (χ3n) is 3.25. The van der Waals surface area contributed by atoms with Crippen LogP contribution in [0.5, 0.6) is 0 Å². The van der Waals surface area contributed by atoms with Gasteiger partial charge < -0.3 is 15.2 Å². The summed E-state index contributed by atoms with van der Waals surface area (Å²) in [4.78, 5) is 21.3. The molecule has 0 amide bonds. The Morgan fingerprint density at radius 2 is 2.35 bits per heavy atom. The predicted molar refractivity (Wildman–Crippen MR) is 72.1 cm³/mol. The van der Waals surface area contributed by atoms with E-state index in [9.17, 15) is 14.9 Å². The summed E-state index contributed by atoms with van der Waals surface area (Å²) >= 11 is 0. The Hall–Kier alpha value is -2.15. The molecule has 1 aliphatic heterocycles. The minimum Gasteiger partial charge on any atom is -0.478 e. The van der Waals surface area contributed by atoms with E-state index < -0.39 is 10.9 Å². The fourth-order valence-electron chi connectivity index (χ4n) is 2.21. The van der Waals surface area contributed by atoms with Gasteiger partial charge in [0, 0.05) is 19.2 Å². The highest BCUT2D eigenvalue weighted by Gasteiger charge is 2.18. The molecule has 1 aromatic rings. The third kappa shape index (κ3) is 3.45. The van der Waals surface area contributed by atoms with Gasteiger partial charge in [0.25, 0.3) is 5.69 Å². The molecule has 7 nitrogen and oxygen atoms in total. The molecular formula is C13H16N2O5. The zero-order chi connectivity index (χ0) is 14.5. The minimum absolute atomic E-state index is 0.0233. The van der Waals surface area contributed by atoms with E-state index in [1.807, 2.05) is 0 Å². The van der Waals surface area contributed by atoms with Crippen LogP contribution in [-0.4, -0.2) is 35.3 Å². The number of benzene rings is 1. The van der Waals surface area contributed by atoms with Gasteiger partial charge in [-0.25, -0.2) is 4.79 Å². The van der Waals surface area contributed by atoms with Crippen LogP contribution in [0, 0.1) is 10.1 Å². The van der Waals surface area contributed by atoms with Crippen molar-refractivity contribution in [2.24, 2.45) is 0 Å². The number of carbonyl (C=O) groups is 1. The quantitative estimate of drug-likeness (QED) is 0.612. The van der Waals surface area contributed by atoms with Crippen LogP contribution in [0.3, 0.4) is 0 Å². The highest BCUT2D eigenvalue weighted by atomic mass is 16.6. The number of carboxylic acids is 1. The lowest BCUT2D eigenvalue weighted by Crippen LogP contribution is -2.13. The molecule has 1 saturated heterocycles. The SMILES string of the molecule is O=C(O)c1ccc([N+](=O)[O-])c(NCCC2CCCO2)c1. The van der Waals surface area contributed by atoms with Crippen molar-refractivity contribution in [1.29, 1.82) is 0 Å². The number of nitrogens with zero attached hydrogens (tertiary/aromatic N) is 1. The number of anilines is 1. The van der Waals surface area contributed by atoms with Gasteiger partial charge in [-0.05, 0) is 31.4 Å². The third-order valence-corrected chi connectivity index (χ3v) is 3.25. The molecule has 108 valence electrons. The van der Waals surface area contributed by atoms with Crippen molar-refractivity contribution in [1.82, 2.24) is 0 Å². The summed E-state index contributed by atoms with van der Waals surface area (Å²) in [6, 6.07) is 3.72. The van der Waals surface area contributed by atoms with Gasteiger partial charge in [-0.3, -0.25) is 10.1 Å². The van der Waals surface area contributed by atoms with E-state index in [1.165, 1.54) is 18.2 Å². The van der Waals surface area contributed by atoms with Crippen LogP contribution in [0.25, 0.3) is 0 Å². The largest absolute Gasteiger partial charge is 0.478 e. The second-order valence-corrected chi connectivity index (χ2v) is 4.64. The lowest BCUT2D eigenvalue weighted by atomic mass is 10.1. The number of nitrogens with one attached hydrogen (secondary N) is 1. The average molecular weight is 280 g/mol. The first kappa shape index (κ1) is 14.3. The fraction of sp³-hybridized carbons (Fsp3) is 0.462. The molecule has 7 heteroatoms. The molecule has 2 N–H and O–H groups in total. The first-order chi connectivity index (χ1) is 9.58. The van der Waals surface area contributed by atoms with Crippen molar-refractivity contribution < 1.29 is 19.6 Å². The molecule has 1 atom stereocenters. The number of hydrogen-bond acceptors (Lipinski definition) is 5. The topological polar surface area (TPSA) is 102 Å². The van der Waals surface area contributed by atoms with Gasteiger partial charge >= 0.3 is 5.97 Å². The van der Waals surface area contributed by atoms with E-state index >= 15 is 0 Å². The molecule has 1 unspecified atom stereocenters. The normalized spacial score (nSPS) is 17.9. The minimum atomic E-state index is -1.11. The molecular weight excluding hydrogens is 264 g/mol. The maximum Gasteiger partial charge on any atom is 0.335 e. The molecule has 0 radical (unpaired) electrons. The summed E-state index contributed by atoms with van der Waals surface area (Å²) < 4.78 is 5.46. The van der Waals surface area contributed by atoms with Crippen LogP contribution in [0.15, 0.2) is 18.2 Å². The summed E-state index contributed by atoms with van der Waals surface area (Å²) in [6.45, 7) is 1.27. The van der Waals surface area contributed by atoms with Gasteiger partial charge in [-0.2, -0.15) is 0 Å². The Morgan fingerprint density at radius 3 is 2.95 bits per heavy atom. The van der Waals surface area contributed by atoms with Gasteiger partial charge in [0.2, 0.25) is 0 Å². The lowest BCUT2D eigenvalue weighted by Gasteiger charge is -2.11. The van der Waals surface area contributed by atoms with Crippen LogP contribution in [0.4, 0.5) is 11.4 Å². The van der Waals surface area contributed by atoms with Crippen molar-refractivity contribution in [2.45, 2.75) is 25.4 Å². The second kappa shape index (κ2) is 6.33. The van der Waals surface area contributed by atoms with Gasteiger partial charge in [0.05, 0.1) is 16.6 Å². The Morgan fingerprint density at radius 1 is 1.55 bits per heavy atom. The summed E-state index contributed by atoms with van der Waals surface area (Å²) in [5.41, 5.74) is 0.130. The molecule has 1 aliphatic rings. The maximum absolute atomic E-state index is 10.9. The van der Waals surface area contributed by atoms with Crippen LogP contribution >= 0.6 is 0 Å². The highest BCUT2D eigenvalue weighted by molar-refractivity contribution is 5.90. The number of rotatable bonds is 6. The number of carboxylic acid groups (broad SMARTS) is 1. The van der Waals surface area contributed by atoms with E-state index in [-0.39, 0.29) is 23.0 Å². The zero-order valence-corrected chi connectivity index (χ0v) is 10.9. The number of nitro benzene ring substituents is 1. The summed E-state index contributed by atoms with van der Waals surface area (Å²) in [5, 5.41) is 22.8. The van der Waals surface area contributed by atoms with E-state index in [1.54, 1.807) is 0 Å². The molecule has 2 rings (SSSR count). The van der Waals surface area contributed by atoms with Gasteiger partial charge in [0.15, 0.2) is 0 Å². The van der Waals surface area contributed by atoms with Gasteiger partial charge in [-0.15, -0.1) is 0 Å². The van der Waals surface area contributed by atoms with Crippen LogP contribution in [0.1, 0.15) is 29.6 Å². The monoisotopic (exact) mass is 280 g/mol. The van der Waals surface area contributed by atoms with E-state index in [0.29, 0.717) is 6.54 Å². The fourth-order valence-corrected chi connectivity index (χ4v) is 2.21. The highest BCUT2D eigenvalue weighted by Crippen LogP contribution is 2.26. The molecule has 1 fully saturated rings. The van der Waals surface area contributed by atoms with Crippen molar-refractivity contribution in [3.8, 4) is 0 Å². The molecule has 20 heavy (non-hydrogen) atoms. The first-order valence-corrected chi connectivity index (χ1v) is 6.45. The Bertz CT molecular complexity index is 511. The second-order valence-electron chi connectivity index (χ2n) is 4.64. The van der Waals surface area contributed by atoms with E-state index in [2.05, 4.69) is 5.32 Å². The lowest BCUT2D eigenvalue weighted by molar-refractivity contribution is -0.384. The summed E-state index contributed by atoms with van der Waals surface area (Å²) in [7, 11) is 0. The maximum atomic E-state index is 10.9. The van der Waals surface area contributed by atoms with Crippen LogP contribution < -0.4 is 5.32 Å². The summed E-state index contributed by atoms with van der Waals surface area (Å²) in [5.74, 6) is -1.11. The Balaban J connectivity index is 2.04. The number of aromatic carboxylic acids is 1. The molecule has 0 bridgehead atoms. The van der Waals surface area contributed by atoms with Gasteiger partial charge in [0.1, 0.15) is 5.69 Å². The number of ether oxygens (including phenoxy) is 1. The zero-order valence-electron chi connectivity index (χ0n) is 10.9. The van der Waals surface area contributed by atoms with Crippen molar-refractivity contribution in [3.63, 3.8) is 0 Å². The first-order valence-electron chi connectivity index (χ1n) is 6.45. The average Bonchev–Trinajstić information content (AvgIpc) is 2.91.